The molecule has 2 N–H and O–H groups in total. The molecule has 4 amide bonds. The van der Waals surface area contributed by atoms with Crippen molar-refractivity contribution < 1.29 is 19.1 Å². The molecule has 2 aliphatic rings. The quantitative estimate of drug-likeness (QED) is 0.435. The van der Waals surface area contributed by atoms with Gasteiger partial charge >= 0.3 is 12.1 Å². The van der Waals surface area contributed by atoms with Crippen molar-refractivity contribution in [2.75, 3.05) is 18.4 Å². The lowest BCUT2D eigenvalue weighted by Crippen LogP contribution is -2.46. The van der Waals surface area contributed by atoms with Gasteiger partial charge in [0.1, 0.15) is 5.60 Å². The minimum Gasteiger partial charge on any atom is -0.444 e. The van der Waals surface area contributed by atoms with E-state index in [1.807, 2.05) is 58.0 Å². The third-order valence-electron chi connectivity index (χ3n) is 7.05. The van der Waals surface area contributed by atoms with Gasteiger partial charge in [0.2, 0.25) is 5.91 Å². The fraction of sp³-hybridized carbons (Fsp3) is 0.500. The molecule has 0 radical (unpaired) electrons. The molecule has 2 aromatic rings. The zero-order valence-corrected chi connectivity index (χ0v) is 24.1. The third-order valence-corrected chi connectivity index (χ3v) is 7.05. The van der Waals surface area contributed by atoms with Crippen LogP contribution in [0.3, 0.4) is 0 Å². The fourth-order valence-electron chi connectivity index (χ4n) is 5.09. The van der Waals surface area contributed by atoms with Crippen molar-refractivity contribution in [3.8, 4) is 0 Å². The maximum atomic E-state index is 13.4. The van der Waals surface area contributed by atoms with Gasteiger partial charge in [-0.2, -0.15) is 5.10 Å². The third kappa shape index (κ3) is 7.16. The molecule has 1 aromatic heterocycles. The van der Waals surface area contributed by atoms with Crippen LogP contribution in [0.4, 0.5) is 15.3 Å². The number of pyridine rings is 1. The highest BCUT2D eigenvalue weighted by atomic mass is 16.6. The van der Waals surface area contributed by atoms with E-state index in [1.165, 1.54) is 0 Å². The van der Waals surface area contributed by atoms with Crippen molar-refractivity contribution in [3.63, 3.8) is 0 Å². The Labute approximate surface area is 236 Å². The van der Waals surface area contributed by atoms with E-state index in [2.05, 4.69) is 22.5 Å². The standard InChI is InChI=1S/C30H40N6O4/c1-6-13-30(5)17-25(34-36(26(30)37)16-7-14-32-28(39)40-29(2,3)4)21-8-10-24(11-9-21)33-27(38)35-19-22-12-15-31-18-23(22)20-35/h8-12,15,18H,6-7,13-14,16-17,19-20H2,1-5H3,(H,32,39)(H,33,38). The number of hydrogen-bond acceptors (Lipinski definition) is 6. The molecule has 1 aromatic carbocycles. The number of nitrogens with one attached hydrogen (secondary N) is 2. The van der Waals surface area contributed by atoms with E-state index in [0.717, 1.165) is 35.2 Å². The molecule has 1 atom stereocenters. The first kappa shape index (κ1) is 29.0. The number of aromatic nitrogens is 1. The topological polar surface area (TPSA) is 116 Å². The van der Waals surface area contributed by atoms with Crippen molar-refractivity contribution >= 4 is 29.4 Å². The maximum Gasteiger partial charge on any atom is 0.407 e. The minimum atomic E-state index is -0.565. The van der Waals surface area contributed by atoms with E-state index in [1.54, 1.807) is 22.3 Å². The van der Waals surface area contributed by atoms with Crippen LogP contribution in [0, 0.1) is 5.41 Å². The van der Waals surface area contributed by atoms with E-state index in [9.17, 15) is 14.4 Å². The first-order valence-corrected chi connectivity index (χ1v) is 13.9. The maximum absolute atomic E-state index is 13.4. The average molecular weight is 549 g/mol. The van der Waals surface area contributed by atoms with Gasteiger partial charge in [-0.25, -0.2) is 14.6 Å². The van der Waals surface area contributed by atoms with Crippen LogP contribution in [0.2, 0.25) is 0 Å². The lowest BCUT2D eigenvalue weighted by atomic mass is 9.77. The van der Waals surface area contributed by atoms with Gasteiger partial charge in [0, 0.05) is 50.7 Å². The highest BCUT2D eigenvalue weighted by Crippen LogP contribution is 2.36. The second-order valence-electron chi connectivity index (χ2n) is 11.8. The molecule has 0 fully saturated rings. The summed E-state index contributed by atoms with van der Waals surface area (Å²) in [4.78, 5) is 44.0. The molecule has 0 bridgehead atoms. The van der Waals surface area contributed by atoms with Gasteiger partial charge in [-0.15, -0.1) is 0 Å². The van der Waals surface area contributed by atoms with Gasteiger partial charge < -0.3 is 20.3 Å². The van der Waals surface area contributed by atoms with Crippen LogP contribution < -0.4 is 10.6 Å². The predicted octanol–water partition coefficient (Wildman–Crippen LogP) is 5.29. The Morgan fingerprint density at radius 2 is 1.82 bits per heavy atom. The molecule has 3 heterocycles. The number of nitrogens with zero attached hydrogens (tertiary/aromatic N) is 4. The monoisotopic (exact) mass is 548 g/mol. The molecule has 214 valence electrons. The van der Waals surface area contributed by atoms with Crippen LogP contribution in [-0.2, 0) is 22.6 Å². The molecule has 1 unspecified atom stereocenters. The highest BCUT2D eigenvalue weighted by Gasteiger charge is 2.41. The number of alkyl carbamates (subject to hydrolysis) is 1. The molecule has 4 rings (SSSR count). The van der Waals surface area contributed by atoms with E-state index in [4.69, 9.17) is 9.84 Å². The zero-order valence-electron chi connectivity index (χ0n) is 24.1. The summed E-state index contributed by atoms with van der Waals surface area (Å²) in [5, 5.41) is 12.0. The Bertz CT molecular complexity index is 1240. The largest absolute Gasteiger partial charge is 0.444 e. The van der Waals surface area contributed by atoms with Gasteiger partial charge in [-0.05, 0) is 68.5 Å². The number of carbonyl (C=O) groups is 3. The second-order valence-corrected chi connectivity index (χ2v) is 11.8. The number of rotatable bonds is 8. The Kier molecular flexibility index (Phi) is 8.76. The average Bonchev–Trinajstić information content (AvgIpc) is 3.33. The Morgan fingerprint density at radius 1 is 1.10 bits per heavy atom. The molecular weight excluding hydrogens is 508 g/mol. The molecule has 10 heteroatoms. The van der Waals surface area contributed by atoms with E-state index >= 15 is 0 Å². The normalized spacial score (nSPS) is 18.7. The number of fused-ring (bicyclic) bond motifs is 1. The summed E-state index contributed by atoms with van der Waals surface area (Å²) in [6, 6.07) is 9.38. The Balaban J connectivity index is 1.39. The lowest BCUT2D eigenvalue weighted by molar-refractivity contribution is -0.142. The number of benzene rings is 1. The Hall–Kier alpha value is -3.95. The van der Waals surface area contributed by atoms with Crippen molar-refractivity contribution in [1.29, 1.82) is 0 Å². The molecule has 0 spiro atoms. The number of carbonyl (C=O) groups excluding carboxylic acids is 3. The van der Waals surface area contributed by atoms with E-state index in [0.29, 0.717) is 44.7 Å². The second kappa shape index (κ2) is 12.1. The number of anilines is 1. The van der Waals surface area contributed by atoms with Gasteiger partial charge in [-0.3, -0.25) is 9.78 Å². The fourth-order valence-corrected chi connectivity index (χ4v) is 5.09. The van der Waals surface area contributed by atoms with Crippen LogP contribution in [0.1, 0.15) is 77.0 Å². The molecule has 2 aliphatic heterocycles. The summed E-state index contributed by atoms with van der Waals surface area (Å²) >= 11 is 0. The van der Waals surface area contributed by atoms with Crippen molar-refractivity contribution in [1.82, 2.24) is 20.2 Å². The molecule has 0 saturated carbocycles. The summed E-state index contributed by atoms with van der Waals surface area (Å²) in [6.45, 7) is 11.4. The van der Waals surface area contributed by atoms with Crippen molar-refractivity contribution in [2.45, 2.75) is 79.0 Å². The highest BCUT2D eigenvalue weighted by molar-refractivity contribution is 6.06. The summed E-state index contributed by atoms with van der Waals surface area (Å²) in [5.74, 6) is 0.000982. The van der Waals surface area contributed by atoms with Crippen molar-refractivity contribution in [3.05, 3.63) is 59.4 Å². The van der Waals surface area contributed by atoms with Gasteiger partial charge in [0.25, 0.3) is 0 Å². The number of amides is 4. The first-order chi connectivity index (χ1) is 19.0. The molecular formula is C30H40N6O4. The smallest absolute Gasteiger partial charge is 0.407 e. The minimum absolute atomic E-state index is 0.000982. The van der Waals surface area contributed by atoms with Crippen molar-refractivity contribution in [2.24, 2.45) is 10.5 Å². The summed E-state index contributed by atoms with van der Waals surface area (Å²) in [7, 11) is 0. The first-order valence-electron chi connectivity index (χ1n) is 13.9. The zero-order chi connectivity index (χ0) is 28.9. The van der Waals surface area contributed by atoms with Gasteiger partial charge in [0.15, 0.2) is 0 Å². The van der Waals surface area contributed by atoms with E-state index < -0.39 is 17.1 Å². The SMILES string of the molecule is CCCC1(C)CC(c2ccc(NC(=O)N3Cc4ccncc4C3)cc2)=NN(CCCNC(=O)OC(C)(C)C)C1=O. The van der Waals surface area contributed by atoms with Crippen LogP contribution in [0.5, 0.6) is 0 Å². The van der Waals surface area contributed by atoms with Crippen LogP contribution in [0.25, 0.3) is 0 Å². The molecule has 0 aliphatic carbocycles. The predicted molar refractivity (Wildman–Crippen MR) is 154 cm³/mol. The number of hydrazone groups is 1. The lowest BCUT2D eigenvalue weighted by Gasteiger charge is -2.37. The van der Waals surface area contributed by atoms with Crippen LogP contribution in [0.15, 0.2) is 47.8 Å². The van der Waals surface area contributed by atoms with Gasteiger partial charge in [-0.1, -0.05) is 32.4 Å². The Morgan fingerprint density at radius 3 is 2.50 bits per heavy atom. The molecule has 10 nitrogen and oxygen atoms in total. The summed E-state index contributed by atoms with van der Waals surface area (Å²) in [6.07, 6.45) is 5.79. The molecule has 0 saturated heterocycles. The summed E-state index contributed by atoms with van der Waals surface area (Å²) in [5.41, 5.74) is 3.49. The summed E-state index contributed by atoms with van der Waals surface area (Å²) < 4.78 is 5.28. The molecule has 40 heavy (non-hydrogen) atoms. The number of hydrogen-bond donors (Lipinski definition) is 2. The van der Waals surface area contributed by atoms with E-state index in [-0.39, 0.29) is 11.9 Å². The van der Waals surface area contributed by atoms with Gasteiger partial charge in [0.05, 0.1) is 11.1 Å². The van der Waals surface area contributed by atoms with Crippen LogP contribution >= 0.6 is 0 Å². The number of urea groups is 1. The number of ether oxygens (including phenoxy) is 1. The van der Waals surface area contributed by atoms with Crippen LogP contribution in [-0.4, -0.2) is 57.3 Å².